The Hall–Kier alpha value is -1.06. The van der Waals surface area contributed by atoms with Crippen LogP contribution in [-0.4, -0.2) is 33.4 Å². The molecule has 1 aromatic rings. The molecule has 0 aliphatic heterocycles. The number of methoxy groups -OCH3 is 1. The lowest BCUT2D eigenvalue weighted by molar-refractivity contribution is 0.0413. The summed E-state index contributed by atoms with van der Waals surface area (Å²) in [5.74, 6) is 0. The molecule has 19 heavy (non-hydrogen) atoms. The molecule has 0 aromatic heterocycles. The van der Waals surface area contributed by atoms with E-state index in [-0.39, 0.29) is 0 Å². The van der Waals surface area contributed by atoms with Gasteiger partial charge in [-0.1, -0.05) is 25.0 Å². The quantitative estimate of drug-likeness (QED) is 0.883. The number of hydrogen-bond donors (Lipinski definition) is 1. The Kier molecular flexibility index (Phi) is 5.23. The summed E-state index contributed by atoms with van der Waals surface area (Å²) >= 11 is 0. The van der Waals surface area contributed by atoms with Crippen LogP contribution in [0, 0.1) is 0 Å². The highest BCUT2D eigenvalue weighted by molar-refractivity contribution is 5.45. The van der Waals surface area contributed by atoms with Crippen molar-refractivity contribution in [1.29, 1.82) is 0 Å². The lowest BCUT2D eigenvalue weighted by atomic mass is 9.92. The molecule has 1 aliphatic carbocycles. The number of ether oxygens (including phenoxy) is 1. The average molecular weight is 262 g/mol. The van der Waals surface area contributed by atoms with E-state index >= 15 is 0 Å². The fraction of sp³-hybridized carbons (Fsp3) is 0.625. The highest BCUT2D eigenvalue weighted by atomic mass is 16.5. The first kappa shape index (κ1) is 14.4. The predicted molar refractivity (Wildman–Crippen MR) is 80.7 cm³/mol. The largest absolute Gasteiger partial charge is 0.380 e. The molecule has 1 N–H and O–H groups in total. The molecule has 0 saturated heterocycles. The Morgan fingerprint density at radius 2 is 1.84 bits per heavy atom. The fourth-order valence-electron chi connectivity index (χ4n) is 2.77. The van der Waals surface area contributed by atoms with Gasteiger partial charge in [-0.2, -0.15) is 0 Å². The van der Waals surface area contributed by atoms with Crippen molar-refractivity contribution < 1.29 is 4.74 Å². The van der Waals surface area contributed by atoms with Gasteiger partial charge in [-0.15, -0.1) is 0 Å². The van der Waals surface area contributed by atoms with Crippen LogP contribution >= 0.6 is 0 Å². The maximum atomic E-state index is 5.57. The van der Waals surface area contributed by atoms with Crippen molar-refractivity contribution in [2.45, 2.75) is 44.4 Å². The minimum atomic E-state index is 0.384. The van der Waals surface area contributed by atoms with E-state index in [2.05, 4.69) is 48.6 Å². The zero-order valence-electron chi connectivity index (χ0n) is 12.4. The zero-order chi connectivity index (χ0) is 13.7. The molecule has 2 atom stereocenters. The summed E-state index contributed by atoms with van der Waals surface area (Å²) < 4.78 is 5.57. The first-order chi connectivity index (χ1) is 9.20. The second kappa shape index (κ2) is 6.92. The molecule has 0 amide bonds. The van der Waals surface area contributed by atoms with E-state index in [1.54, 1.807) is 0 Å². The molecule has 1 saturated carbocycles. The van der Waals surface area contributed by atoms with Gasteiger partial charge in [0.05, 0.1) is 6.10 Å². The molecule has 0 heterocycles. The number of nitrogens with one attached hydrogen (secondary N) is 1. The third kappa shape index (κ3) is 3.95. The summed E-state index contributed by atoms with van der Waals surface area (Å²) in [7, 11) is 5.97. The topological polar surface area (TPSA) is 24.5 Å². The van der Waals surface area contributed by atoms with Crippen molar-refractivity contribution in [1.82, 2.24) is 5.32 Å². The molecule has 106 valence electrons. The first-order valence-corrected chi connectivity index (χ1v) is 7.23. The summed E-state index contributed by atoms with van der Waals surface area (Å²) in [5, 5.41) is 3.65. The molecular weight excluding hydrogens is 236 g/mol. The van der Waals surface area contributed by atoms with Crippen LogP contribution in [0.15, 0.2) is 24.3 Å². The lowest BCUT2D eigenvalue weighted by Gasteiger charge is -2.31. The van der Waals surface area contributed by atoms with Gasteiger partial charge in [-0.3, -0.25) is 0 Å². The highest BCUT2D eigenvalue weighted by Gasteiger charge is 2.23. The molecule has 2 rings (SSSR count). The van der Waals surface area contributed by atoms with E-state index in [1.165, 1.54) is 36.9 Å². The van der Waals surface area contributed by atoms with E-state index in [0.717, 1.165) is 6.54 Å². The third-order valence-corrected chi connectivity index (χ3v) is 4.03. The van der Waals surface area contributed by atoms with Gasteiger partial charge < -0.3 is 15.0 Å². The summed E-state index contributed by atoms with van der Waals surface area (Å²) in [5.41, 5.74) is 2.59. The molecule has 2 unspecified atom stereocenters. The molecule has 0 spiro atoms. The summed E-state index contributed by atoms with van der Waals surface area (Å²) in [6.45, 7) is 0.929. The van der Waals surface area contributed by atoms with Crippen LogP contribution in [0.1, 0.15) is 31.2 Å². The van der Waals surface area contributed by atoms with Crippen molar-refractivity contribution >= 4 is 5.69 Å². The molecule has 1 aliphatic rings. The van der Waals surface area contributed by atoms with Crippen LogP contribution in [0.4, 0.5) is 5.69 Å². The number of hydrogen-bond acceptors (Lipinski definition) is 3. The molecule has 3 heteroatoms. The molecular formula is C16H26N2O. The van der Waals surface area contributed by atoms with E-state index in [1.807, 2.05) is 7.11 Å². The SMILES string of the molecule is COC1CCCCC1NCc1ccc(N(C)C)cc1. The molecule has 0 radical (unpaired) electrons. The normalized spacial score (nSPS) is 23.3. The minimum Gasteiger partial charge on any atom is -0.380 e. The first-order valence-electron chi connectivity index (χ1n) is 7.23. The second-order valence-electron chi connectivity index (χ2n) is 5.61. The third-order valence-electron chi connectivity index (χ3n) is 4.03. The number of nitrogens with zero attached hydrogens (tertiary/aromatic N) is 1. The predicted octanol–water partition coefficient (Wildman–Crippen LogP) is 2.80. The van der Waals surface area contributed by atoms with Crippen molar-refractivity contribution in [3.05, 3.63) is 29.8 Å². The Morgan fingerprint density at radius 3 is 2.47 bits per heavy atom. The van der Waals surface area contributed by atoms with E-state index in [4.69, 9.17) is 4.74 Å². The molecule has 1 fully saturated rings. The summed E-state index contributed by atoms with van der Waals surface area (Å²) in [6.07, 6.45) is 5.42. The van der Waals surface area contributed by atoms with Crippen LogP contribution in [0.5, 0.6) is 0 Å². The fourth-order valence-corrected chi connectivity index (χ4v) is 2.77. The van der Waals surface area contributed by atoms with Gasteiger partial charge in [0, 0.05) is 39.5 Å². The van der Waals surface area contributed by atoms with Crippen LogP contribution in [0.25, 0.3) is 0 Å². The van der Waals surface area contributed by atoms with E-state index in [9.17, 15) is 0 Å². The van der Waals surface area contributed by atoms with Crippen molar-refractivity contribution in [3.63, 3.8) is 0 Å². The van der Waals surface area contributed by atoms with Crippen molar-refractivity contribution in [2.24, 2.45) is 0 Å². The van der Waals surface area contributed by atoms with E-state index in [0.29, 0.717) is 12.1 Å². The van der Waals surface area contributed by atoms with Gasteiger partial charge in [-0.25, -0.2) is 0 Å². The van der Waals surface area contributed by atoms with Crippen LogP contribution < -0.4 is 10.2 Å². The second-order valence-corrected chi connectivity index (χ2v) is 5.61. The van der Waals surface area contributed by atoms with Gasteiger partial charge in [0.15, 0.2) is 0 Å². The van der Waals surface area contributed by atoms with Gasteiger partial charge in [0.2, 0.25) is 0 Å². The maximum Gasteiger partial charge on any atom is 0.0724 e. The van der Waals surface area contributed by atoms with Crippen molar-refractivity contribution in [3.8, 4) is 0 Å². The van der Waals surface area contributed by atoms with Crippen molar-refractivity contribution in [2.75, 3.05) is 26.1 Å². The Bertz CT molecular complexity index is 375. The monoisotopic (exact) mass is 262 g/mol. The van der Waals surface area contributed by atoms with Gasteiger partial charge in [0.25, 0.3) is 0 Å². The Labute approximate surface area is 116 Å². The minimum absolute atomic E-state index is 0.384. The summed E-state index contributed by atoms with van der Waals surface area (Å²) in [6, 6.07) is 9.25. The number of rotatable bonds is 5. The van der Waals surface area contributed by atoms with E-state index < -0.39 is 0 Å². The average Bonchev–Trinajstić information content (AvgIpc) is 2.45. The van der Waals surface area contributed by atoms with Crippen LogP contribution in [-0.2, 0) is 11.3 Å². The highest BCUT2D eigenvalue weighted by Crippen LogP contribution is 2.21. The van der Waals surface area contributed by atoms with Gasteiger partial charge >= 0.3 is 0 Å². The lowest BCUT2D eigenvalue weighted by Crippen LogP contribution is -2.42. The maximum absolute atomic E-state index is 5.57. The van der Waals surface area contributed by atoms with Gasteiger partial charge in [0.1, 0.15) is 0 Å². The summed E-state index contributed by atoms with van der Waals surface area (Å²) in [4.78, 5) is 2.12. The Morgan fingerprint density at radius 1 is 1.16 bits per heavy atom. The molecule has 0 bridgehead atoms. The smallest absolute Gasteiger partial charge is 0.0724 e. The molecule has 1 aromatic carbocycles. The van der Waals surface area contributed by atoms with Gasteiger partial charge in [-0.05, 0) is 30.5 Å². The zero-order valence-corrected chi connectivity index (χ0v) is 12.4. The molecule has 3 nitrogen and oxygen atoms in total. The number of benzene rings is 1. The standard InChI is InChI=1S/C16H26N2O/c1-18(2)14-10-8-13(9-11-14)12-17-15-6-4-5-7-16(15)19-3/h8-11,15-17H,4-7,12H2,1-3H3. The van der Waals surface area contributed by atoms with Crippen LogP contribution in [0.3, 0.4) is 0 Å². The Balaban J connectivity index is 1.87. The number of anilines is 1. The van der Waals surface area contributed by atoms with Crippen LogP contribution in [0.2, 0.25) is 0 Å².